The lowest BCUT2D eigenvalue weighted by molar-refractivity contribution is 0.0946. The monoisotopic (exact) mass is 396 g/mol. The minimum atomic E-state index is -0.211. The maximum atomic E-state index is 12.5. The van der Waals surface area contributed by atoms with Crippen LogP contribution in [-0.4, -0.2) is 50.4 Å². The van der Waals surface area contributed by atoms with Crippen LogP contribution in [0.15, 0.2) is 42.0 Å². The zero-order valence-corrected chi connectivity index (χ0v) is 16.6. The summed E-state index contributed by atoms with van der Waals surface area (Å²) in [7, 11) is 0. The van der Waals surface area contributed by atoms with E-state index >= 15 is 0 Å². The Kier molecular flexibility index (Phi) is 6.08. The molecule has 1 fully saturated rings. The van der Waals surface area contributed by atoms with Crippen molar-refractivity contribution in [2.45, 2.75) is 32.4 Å². The lowest BCUT2D eigenvalue weighted by Crippen LogP contribution is -2.32. The number of likely N-dealkylation sites (tertiary alicyclic amines) is 1. The molecule has 4 rings (SSSR count). The van der Waals surface area contributed by atoms with Crippen LogP contribution < -0.4 is 5.32 Å². The summed E-state index contributed by atoms with van der Waals surface area (Å²) in [6.07, 6.45) is 5.60. The van der Waals surface area contributed by atoms with Crippen molar-refractivity contribution < 1.29 is 4.79 Å². The van der Waals surface area contributed by atoms with E-state index in [4.69, 9.17) is 0 Å². The molecule has 1 saturated heterocycles. The van der Waals surface area contributed by atoms with Gasteiger partial charge in [0.25, 0.3) is 5.91 Å². The van der Waals surface area contributed by atoms with Crippen molar-refractivity contribution in [2.75, 3.05) is 19.6 Å². The predicted octanol–water partition coefficient (Wildman–Crippen LogP) is 2.82. The van der Waals surface area contributed by atoms with Crippen LogP contribution in [0.4, 0.5) is 0 Å². The summed E-state index contributed by atoms with van der Waals surface area (Å²) in [5, 5.41) is 11.1. The van der Waals surface area contributed by atoms with Gasteiger partial charge in [-0.2, -0.15) is 0 Å². The van der Waals surface area contributed by atoms with Gasteiger partial charge in [-0.25, -0.2) is 4.98 Å². The number of thiazole rings is 1. The Morgan fingerprint density at radius 3 is 2.75 bits per heavy atom. The van der Waals surface area contributed by atoms with Gasteiger partial charge >= 0.3 is 0 Å². The van der Waals surface area contributed by atoms with Gasteiger partial charge in [-0.1, -0.05) is 42.0 Å². The highest BCUT2D eigenvalue weighted by atomic mass is 32.1. The molecule has 1 amide bonds. The Bertz CT molecular complexity index is 900. The number of nitrogens with one attached hydrogen (secondary N) is 1. The van der Waals surface area contributed by atoms with E-state index in [0.29, 0.717) is 12.2 Å². The highest BCUT2D eigenvalue weighted by Crippen LogP contribution is 2.25. The van der Waals surface area contributed by atoms with E-state index in [-0.39, 0.29) is 5.91 Å². The molecule has 1 aliphatic rings. The van der Waals surface area contributed by atoms with E-state index in [1.807, 2.05) is 30.3 Å². The average molecular weight is 397 g/mol. The van der Waals surface area contributed by atoms with Gasteiger partial charge in [0.05, 0.1) is 35.4 Å². The van der Waals surface area contributed by atoms with Crippen LogP contribution in [0.3, 0.4) is 0 Å². The molecule has 146 valence electrons. The van der Waals surface area contributed by atoms with Gasteiger partial charge in [-0.3, -0.25) is 9.48 Å². The van der Waals surface area contributed by atoms with Crippen molar-refractivity contribution in [2.24, 2.45) is 0 Å². The number of aromatic nitrogens is 4. The van der Waals surface area contributed by atoms with Gasteiger partial charge < -0.3 is 10.2 Å². The second kappa shape index (κ2) is 9.07. The molecule has 0 spiro atoms. The van der Waals surface area contributed by atoms with Crippen LogP contribution in [-0.2, 0) is 13.1 Å². The molecule has 1 aromatic carbocycles. The van der Waals surface area contributed by atoms with E-state index in [0.717, 1.165) is 42.3 Å². The number of hydrogen-bond donors (Lipinski definition) is 1. The van der Waals surface area contributed by atoms with Crippen molar-refractivity contribution in [1.82, 2.24) is 30.2 Å². The summed E-state index contributed by atoms with van der Waals surface area (Å²) in [6.45, 7) is 4.44. The molecule has 0 saturated carbocycles. The zero-order chi connectivity index (χ0) is 19.2. The third kappa shape index (κ3) is 4.63. The molecule has 0 unspecified atom stereocenters. The quantitative estimate of drug-likeness (QED) is 0.665. The first-order valence-electron chi connectivity index (χ1n) is 9.68. The second-order valence-corrected chi connectivity index (χ2v) is 7.88. The Labute approximate surface area is 168 Å². The van der Waals surface area contributed by atoms with Gasteiger partial charge in [-0.05, 0) is 25.9 Å². The third-order valence-electron chi connectivity index (χ3n) is 4.96. The lowest BCUT2D eigenvalue weighted by Gasteiger charge is -2.25. The van der Waals surface area contributed by atoms with Crippen molar-refractivity contribution in [3.63, 3.8) is 0 Å². The fourth-order valence-electron chi connectivity index (χ4n) is 3.42. The molecule has 0 aliphatic carbocycles. The van der Waals surface area contributed by atoms with Crippen molar-refractivity contribution in [1.29, 1.82) is 0 Å². The van der Waals surface area contributed by atoms with Crippen molar-refractivity contribution in [3.05, 3.63) is 52.6 Å². The van der Waals surface area contributed by atoms with E-state index in [1.165, 1.54) is 30.6 Å². The first-order valence-corrected chi connectivity index (χ1v) is 10.6. The van der Waals surface area contributed by atoms with Crippen LogP contribution in [0.2, 0.25) is 0 Å². The molecule has 0 atom stereocenters. The normalized spacial score (nSPS) is 14.9. The van der Waals surface area contributed by atoms with Gasteiger partial charge in [0.15, 0.2) is 5.69 Å². The molecule has 2 aromatic heterocycles. The van der Waals surface area contributed by atoms with E-state index in [9.17, 15) is 4.79 Å². The van der Waals surface area contributed by atoms with E-state index < -0.39 is 0 Å². The molecule has 28 heavy (non-hydrogen) atoms. The molecule has 1 N–H and O–H groups in total. The topological polar surface area (TPSA) is 75.9 Å². The highest BCUT2D eigenvalue weighted by Gasteiger charge is 2.15. The number of rotatable bonds is 7. The van der Waals surface area contributed by atoms with Crippen LogP contribution in [0.1, 0.15) is 34.6 Å². The predicted molar refractivity (Wildman–Crippen MR) is 109 cm³/mol. The minimum Gasteiger partial charge on any atom is -0.346 e. The summed E-state index contributed by atoms with van der Waals surface area (Å²) < 4.78 is 1.76. The Balaban J connectivity index is 1.31. The third-order valence-corrected chi connectivity index (χ3v) is 5.80. The summed E-state index contributed by atoms with van der Waals surface area (Å²) >= 11 is 1.54. The highest BCUT2D eigenvalue weighted by molar-refractivity contribution is 7.10. The van der Waals surface area contributed by atoms with Gasteiger partial charge in [0.2, 0.25) is 0 Å². The van der Waals surface area contributed by atoms with E-state index in [2.05, 4.69) is 25.5 Å². The summed E-state index contributed by atoms with van der Waals surface area (Å²) in [5.41, 5.74) is 4.12. The molecular formula is C20H24N6OS. The maximum Gasteiger partial charge on any atom is 0.273 e. The minimum absolute atomic E-state index is 0.211. The molecule has 1 aliphatic heterocycles. The van der Waals surface area contributed by atoms with Crippen molar-refractivity contribution >= 4 is 17.2 Å². The fraction of sp³-hybridized carbons (Fsp3) is 0.400. The SMILES string of the molecule is O=C(NCc1scnc1-c1ccccc1)c1cn(CCN2CCCCC2)nn1. The number of amides is 1. The van der Waals surface area contributed by atoms with E-state index in [1.54, 1.807) is 16.4 Å². The molecule has 0 bridgehead atoms. The van der Waals surface area contributed by atoms with Gasteiger partial charge in [-0.15, -0.1) is 16.4 Å². The standard InChI is InChI=1S/C20H24N6OS/c27-20(17-14-26(24-23-17)12-11-25-9-5-2-6-10-25)21-13-18-19(22-15-28-18)16-7-3-1-4-8-16/h1,3-4,7-8,14-15H,2,5-6,9-13H2,(H,21,27). The molecular weight excluding hydrogens is 372 g/mol. The smallest absolute Gasteiger partial charge is 0.273 e. The van der Waals surface area contributed by atoms with Crippen LogP contribution in [0, 0.1) is 0 Å². The number of piperidine rings is 1. The number of nitrogens with zero attached hydrogens (tertiary/aromatic N) is 5. The van der Waals surface area contributed by atoms with Crippen molar-refractivity contribution in [3.8, 4) is 11.3 Å². The summed E-state index contributed by atoms with van der Waals surface area (Å²) in [5.74, 6) is -0.211. The Morgan fingerprint density at radius 2 is 1.93 bits per heavy atom. The average Bonchev–Trinajstić information content (AvgIpc) is 3.41. The van der Waals surface area contributed by atoms with Crippen LogP contribution >= 0.6 is 11.3 Å². The Morgan fingerprint density at radius 1 is 1.11 bits per heavy atom. The lowest BCUT2D eigenvalue weighted by atomic mass is 10.1. The Hall–Kier alpha value is -2.58. The number of benzene rings is 1. The van der Waals surface area contributed by atoms with Gasteiger partial charge in [0, 0.05) is 12.1 Å². The summed E-state index contributed by atoms with van der Waals surface area (Å²) in [4.78, 5) is 20.4. The molecule has 0 radical (unpaired) electrons. The van der Waals surface area contributed by atoms with Crippen LogP contribution in [0.5, 0.6) is 0 Å². The van der Waals surface area contributed by atoms with Crippen LogP contribution in [0.25, 0.3) is 11.3 Å². The maximum absolute atomic E-state index is 12.5. The second-order valence-electron chi connectivity index (χ2n) is 6.94. The fourth-order valence-corrected chi connectivity index (χ4v) is 4.14. The first kappa shape index (κ1) is 18.8. The zero-order valence-electron chi connectivity index (χ0n) is 15.8. The molecule has 7 nitrogen and oxygen atoms in total. The number of carbonyl (C=O) groups excluding carboxylic acids is 1. The first-order chi connectivity index (χ1) is 13.8. The largest absolute Gasteiger partial charge is 0.346 e. The molecule has 8 heteroatoms. The summed E-state index contributed by atoms with van der Waals surface area (Å²) in [6, 6.07) is 9.99. The molecule has 3 aromatic rings. The number of carbonyl (C=O) groups is 1. The van der Waals surface area contributed by atoms with Gasteiger partial charge in [0.1, 0.15) is 0 Å². The molecule has 3 heterocycles. The number of hydrogen-bond acceptors (Lipinski definition) is 6.